The number of fused-ring (bicyclic) bond motifs is 3. The van der Waals surface area contributed by atoms with Crippen LogP contribution in [-0.4, -0.2) is 89.9 Å². The zero-order valence-electron chi connectivity index (χ0n) is 26.0. The Bertz CT molecular complexity index is 1390. The summed E-state index contributed by atoms with van der Waals surface area (Å²) < 4.78 is 6.95. The Kier molecular flexibility index (Phi) is 11.3. The molecule has 2 aliphatic rings. The number of likely N-dealkylation sites (N-methyl/N-ethyl adjacent to an activating group) is 1. The number of hydrogen-bond donors (Lipinski definition) is 3. The van der Waals surface area contributed by atoms with Crippen molar-refractivity contribution in [3.05, 3.63) is 52.7 Å². The average molecular weight is 612 g/mol. The lowest BCUT2D eigenvalue weighted by Crippen LogP contribution is -2.55. The van der Waals surface area contributed by atoms with Gasteiger partial charge in [-0.05, 0) is 58.0 Å². The van der Waals surface area contributed by atoms with Gasteiger partial charge in [-0.15, -0.1) is 0 Å². The summed E-state index contributed by atoms with van der Waals surface area (Å²) in [6.07, 6.45) is 5.95. The third-order valence-corrected chi connectivity index (χ3v) is 9.15. The molecule has 4 N–H and O–H groups in total. The van der Waals surface area contributed by atoms with Gasteiger partial charge in [0, 0.05) is 49.7 Å². The quantitative estimate of drug-likeness (QED) is 0.309. The van der Waals surface area contributed by atoms with Crippen LogP contribution in [0.3, 0.4) is 0 Å². The Labute approximate surface area is 259 Å². The predicted octanol–water partition coefficient (Wildman–Crippen LogP) is 4.32. The number of carbonyl (C=O) groups is 2. The molecule has 2 bridgehead atoms. The van der Waals surface area contributed by atoms with Gasteiger partial charge in [0.2, 0.25) is 0 Å². The molecule has 0 radical (unpaired) electrons. The maximum atomic E-state index is 12.7. The normalized spacial score (nSPS) is 19.9. The molecule has 0 saturated carbocycles. The number of methoxy groups -OCH3 is 1. The van der Waals surface area contributed by atoms with E-state index in [1.165, 1.54) is 32.4 Å². The van der Waals surface area contributed by atoms with E-state index < -0.39 is 0 Å². The number of ether oxygens (including phenoxy) is 1. The molecule has 2 aliphatic heterocycles. The number of para-hydroxylation sites is 1. The summed E-state index contributed by atoms with van der Waals surface area (Å²) in [4.78, 5) is 29.6. The molecule has 2 fully saturated rings. The lowest BCUT2D eigenvalue weighted by atomic mass is 9.82. The second-order valence-electron chi connectivity index (χ2n) is 11.4. The summed E-state index contributed by atoms with van der Waals surface area (Å²) in [7, 11) is 5.62. The van der Waals surface area contributed by atoms with Crippen molar-refractivity contribution in [2.75, 3.05) is 46.1 Å². The average Bonchev–Trinajstić information content (AvgIpc) is 3.34. The molecule has 234 valence electrons. The van der Waals surface area contributed by atoms with E-state index in [4.69, 9.17) is 22.1 Å². The third kappa shape index (κ3) is 7.79. The van der Waals surface area contributed by atoms with Crippen molar-refractivity contribution in [3.63, 3.8) is 0 Å². The number of halogens is 1. The molecule has 2 aromatic carbocycles. The number of rotatable bonds is 9. The monoisotopic (exact) mass is 611 g/mol. The minimum absolute atomic E-state index is 0.0329. The number of aromatic nitrogens is 2. The number of aryl methyl sites for hydroxylation is 1. The fourth-order valence-corrected chi connectivity index (χ4v) is 6.41. The summed E-state index contributed by atoms with van der Waals surface area (Å²) in [6, 6.07) is 12.5. The van der Waals surface area contributed by atoms with E-state index in [1.807, 2.05) is 31.3 Å². The van der Waals surface area contributed by atoms with Crippen LogP contribution in [-0.2, 0) is 7.05 Å². The van der Waals surface area contributed by atoms with Crippen molar-refractivity contribution in [3.8, 4) is 5.75 Å². The highest BCUT2D eigenvalue weighted by molar-refractivity contribution is 6.33. The Hall–Kier alpha value is -3.34. The van der Waals surface area contributed by atoms with Crippen LogP contribution in [0.15, 0.2) is 36.4 Å². The Morgan fingerprint density at radius 1 is 1.09 bits per heavy atom. The van der Waals surface area contributed by atoms with Gasteiger partial charge in [0.25, 0.3) is 11.8 Å². The van der Waals surface area contributed by atoms with Crippen LogP contribution in [0.1, 0.15) is 66.8 Å². The maximum Gasteiger partial charge on any atom is 0.272 e. The number of piperidine rings is 2. The van der Waals surface area contributed by atoms with Gasteiger partial charge in [0.1, 0.15) is 5.75 Å². The van der Waals surface area contributed by atoms with Crippen molar-refractivity contribution < 1.29 is 14.3 Å². The minimum Gasteiger partial charge on any atom is -0.496 e. The number of nitrogens with zero attached hydrogens (tertiary/aromatic N) is 4. The van der Waals surface area contributed by atoms with Crippen molar-refractivity contribution in [2.45, 2.75) is 64.1 Å². The molecule has 1 aromatic heterocycles. The van der Waals surface area contributed by atoms with Crippen molar-refractivity contribution in [1.29, 1.82) is 0 Å². The van der Waals surface area contributed by atoms with E-state index in [2.05, 4.69) is 46.4 Å². The van der Waals surface area contributed by atoms with Gasteiger partial charge in [-0.2, -0.15) is 5.10 Å². The number of benzene rings is 2. The number of nitrogens with two attached hydrogens (primary N) is 1. The number of anilines is 1. The summed E-state index contributed by atoms with van der Waals surface area (Å²) in [5.74, 6) is 0.178. The first-order chi connectivity index (χ1) is 20.7. The molecule has 2 amide bonds. The first kappa shape index (κ1) is 32.6. The Morgan fingerprint density at radius 2 is 1.77 bits per heavy atom. The van der Waals surface area contributed by atoms with E-state index in [9.17, 15) is 9.59 Å². The highest BCUT2D eigenvalue weighted by atomic mass is 35.5. The Morgan fingerprint density at radius 3 is 2.42 bits per heavy atom. The van der Waals surface area contributed by atoms with Crippen LogP contribution in [0.4, 0.5) is 5.69 Å². The number of nitrogens with one attached hydrogen (secondary N) is 2. The van der Waals surface area contributed by atoms with Crippen molar-refractivity contribution in [2.24, 2.45) is 7.05 Å². The van der Waals surface area contributed by atoms with E-state index in [0.717, 1.165) is 43.4 Å². The fourth-order valence-electron chi connectivity index (χ4n) is 6.25. The Balaban J connectivity index is 0.000000200. The first-order valence-corrected chi connectivity index (χ1v) is 15.6. The van der Waals surface area contributed by atoms with Gasteiger partial charge in [-0.25, -0.2) is 0 Å². The fraction of sp³-hybridized carbons (Fsp3) is 0.531. The SMILES string of the molecule is CCN(CC)CCNC(=O)c1cc(Cl)c(N)cc1OC.CN1[C@@H]2CCC[C@H]1C[C@@H](NC(=O)c1nn(C)c3ccccc13)C2. The second-order valence-corrected chi connectivity index (χ2v) is 11.8. The van der Waals surface area contributed by atoms with Crippen LogP contribution in [0.5, 0.6) is 5.75 Å². The molecule has 3 aromatic rings. The standard InChI is InChI=1S/C18H24N4O.C14H22ClN3O2/c1-21-13-6-5-7-14(21)11-12(10-13)19-18(23)17-15-8-3-4-9-16(15)22(2)20-17;1-4-18(5-2)7-6-17-14(19)10-8-11(15)12(16)9-13(10)20-3/h3-4,8-9,12-14H,5-7,10-11H2,1-2H3,(H,19,23);8-9H,4-7,16H2,1-3H3,(H,17,19)/t12-,13+,14-;. The topological polar surface area (TPSA) is 118 Å². The van der Waals surface area contributed by atoms with Gasteiger partial charge < -0.3 is 30.9 Å². The third-order valence-electron chi connectivity index (χ3n) is 8.82. The molecule has 11 heteroatoms. The highest BCUT2D eigenvalue weighted by Crippen LogP contribution is 2.33. The summed E-state index contributed by atoms with van der Waals surface area (Å²) in [6.45, 7) is 7.49. The van der Waals surface area contributed by atoms with Crippen molar-refractivity contribution in [1.82, 2.24) is 30.2 Å². The molecular formula is C32H46ClN7O3. The molecule has 10 nitrogen and oxygen atoms in total. The van der Waals surface area contributed by atoms with Gasteiger partial charge in [-0.1, -0.05) is 50.1 Å². The predicted molar refractivity (Wildman–Crippen MR) is 173 cm³/mol. The summed E-state index contributed by atoms with van der Waals surface area (Å²) in [5, 5.41) is 11.8. The van der Waals surface area contributed by atoms with Crippen LogP contribution < -0.4 is 21.1 Å². The van der Waals surface area contributed by atoms with Gasteiger partial charge in [0.05, 0.1) is 28.9 Å². The summed E-state index contributed by atoms with van der Waals surface area (Å²) in [5.41, 5.74) is 8.02. The molecule has 3 heterocycles. The number of amides is 2. The van der Waals surface area contributed by atoms with E-state index in [0.29, 0.717) is 46.3 Å². The van der Waals surface area contributed by atoms with Crippen LogP contribution >= 0.6 is 11.6 Å². The van der Waals surface area contributed by atoms with E-state index in [1.54, 1.807) is 10.7 Å². The molecule has 0 unspecified atom stereocenters. The van der Waals surface area contributed by atoms with Gasteiger partial charge in [0.15, 0.2) is 5.69 Å². The lowest BCUT2D eigenvalue weighted by molar-refractivity contribution is 0.0462. The van der Waals surface area contributed by atoms with E-state index >= 15 is 0 Å². The molecule has 43 heavy (non-hydrogen) atoms. The highest BCUT2D eigenvalue weighted by Gasteiger charge is 2.36. The first-order valence-electron chi connectivity index (χ1n) is 15.2. The van der Waals surface area contributed by atoms with Crippen LogP contribution in [0, 0.1) is 0 Å². The molecule has 2 saturated heterocycles. The molecular weight excluding hydrogens is 566 g/mol. The smallest absolute Gasteiger partial charge is 0.272 e. The lowest BCUT2D eigenvalue weighted by Gasteiger charge is -2.47. The zero-order chi connectivity index (χ0) is 31.1. The molecule has 0 spiro atoms. The second kappa shape index (κ2) is 14.9. The van der Waals surface area contributed by atoms with Crippen molar-refractivity contribution >= 4 is 40.0 Å². The zero-order valence-corrected chi connectivity index (χ0v) is 26.8. The molecule has 0 aliphatic carbocycles. The largest absolute Gasteiger partial charge is 0.496 e. The molecule has 5 rings (SSSR count). The molecule has 3 atom stereocenters. The number of nitrogen functional groups attached to an aromatic ring is 1. The number of carbonyl (C=O) groups excluding carboxylic acids is 2. The van der Waals surface area contributed by atoms with Gasteiger partial charge >= 0.3 is 0 Å². The number of hydrogen-bond acceptors (Lipinski definition) is 7. The minimum atomic E-state index is -0.212. The van der Waals surface area contributed by atoms with Gasteiger partial charge in [-0.3, -0.25) is 14.3 Å². The van der Waals surface area contributed by atoms with E-state index in [-0.39, 0.29) is 17.9 Å². The maximum absolute atomic E-state index is 12.7. The van der Waals surface area contributed by atoms with Crippen LogP contribution in [0.2, 0.25) is 5.02 Å². The summed E-state index contributed by atoms with van der Waals surface area (Å²) >= 11 is 5.95. The van der Waals surface area contributed by atoms with Crippen LogP contribution in [0.25, 0.3) is 10.9 Å².